The van der Waals surface area contributed by atoms with E-state index in [1.807, 2.05) is 51.1 Å². The summed E-state index contributed by atoms with van der Waals surface area (Å²) in [6.07, 6.45) is 0. The zero-order chi connectivity index (χ0) is 13.9. The van der Waals surface area contributed by atoms with Crippen molar-refractivity contribution in [2.24, 2.45) is 0 Å². The molecule has 0 bridgehead atoms. The third-order valence-electron chi connectivity index (χ3n) is 2.73. The van der Waals surface area contributed by atoms with Gasteiger partial charge in [-0.05, 0) is 20.8 Å². The molecule has 5 heteroatoms. The summed E-state index contributed by atoms with van der Waals surface area (Å²) in [5.74, 6) is 1.31. The molecule has 0 spiro atoms. The molecule has 0 saturated heterocycles. The minimum Gasteiger partial charge on any atom is -0.368 e. The first-order valence-electron chi connectivity index (χ1n) is 6.24. The molecule has 100 valence electrons. The molecule has 0 radical (unpaired) electrons. The van der Waals surface area contributed by atoms with E-state index in [9.17, 15) is 0 Å². The van der Waals surface area contributed by atoms with Crippen molar-refractivity contribution < 1.29 is 4.74 Å². The highest BCUT2D eigenvalue weighted by Crippen LogP contribution is 2.24. The van der Waals surface area contributed by atoms with Gasteiger partial charge >= 0.3 is 0 Å². The first kappa shape index (κ1) is 13.4. The average Bonchev–Trinajstić information content (AvgIpc) is 2.39. The van der Waals surface area contributed by atoms with Crippen LogP contribution in [0.15, 0.2) is 30.3 Å². The number of anilines is 1. The highest BCUT2D eigenvalue weighted by molar-refractivity contribution is 5.55. The maximum absolute atomic E-state index is 5.77. The summed E-state index contributed by atoms with van der Waals surface area (Å²) >= 11 is 0. The number of nitrogen functional groups attached to an aromatic ring is 1. The molecule has 19 heavy (non-hydrogen) atoms. The number of hydrogen-bond acceptors (Lipinski definition) is 5. The monoisotopic (exact) mass is 258 g/mol. The molecule has 0 saturated carbocycles. The lowest BCUT2D eigenvalue weighted by Gasteiger charge is -2.23. The zero-order valence-electron chi connectivity index (χ0n) is 11.4. The smallest absolute Gasteiger partial charge is 0.223 e. The maximum Gasteiger partial charge on any atom is 0.223 e. The molecule has 0 aliphatic carbocycles. The fourth-order valence-electron chi connectivity index (χ4n) is 1.80. The number of ether oxygens (including phenoxy) is 1. The largest absolute Gasteiger partial charge is 0.368 e. The van der Waals surface area contributed by atoms with E-state index in [1.165, 1.54) is 0 Å². The van der Waals surface area contributed by atoms with Gasteiger partial charge in [-0.2, -0.15) is 9.97 Å². The van der Waals surface area contributed by atoms with E-state index >= 15 is 0 Å². The van der Waals surface area contributed by atoms with Crippen LogP contribution < -0.4 is 5.73 Å². The standard InChI is InChI=1S/C14H18N4O/c1-4-19-14(2,3)12-16-11(17-13(15)18-12)10-8-6-5-7-9-10/h5-9H,4H2,1-3H3,(H2,15,16,17,18). The third-order valence-corrected chi connectivity index (χ3v) is 2.73. The minimum atomic E-state index is -0.588. The molecule has 0 unspecified atom stereocenters. The summed E-state index contributed by atoms with van der Waals surface area (Å²) in [5.41, 5.74) is 6.09. The van der Waals surface area contributed by atoms with Gasteiger partial charge in [-0.15, -0.1) is 0 Å². The maximum atomic E-state index is 5.77. The van der Waals surface area contributed by atoms with Crippen LogP contribution in [-0.2, 0) is 10.3 Å². The number of hydrogen-bond donors (Lipinski definition) is 1. The van der Waals surface area contributed by atoms with E-state index < -0.39 is 5.60 Å². The number of aromatic nitrogens is 3. The van der Waals surface area contributed by atoms with Crippen LogP contribution in [0.5, 0.6) is 0 Å². The molecular formula is C14H18N4O. The lowest BCUT2D eigenvalue weighted by atomic mass is 10.1. The molecule has 0 aliphatic rings. The Bertz CT molecular complexity index is 555. The number of rotatable bonds is 4. The number of nitrogens with two attached hydrogens (primary N) is 1. The van der Waals surface area contributed by atoms with Gasteiger partial charge in [-0.25, -0.2) is 4.98 Å². The predicted octanol–water partition coefficient (Wildman–Crippen LogP) is 2.39. The van der Waals surface area contributed by atoms with Crippen LogP contribution in [0, 0.1) is 0 Å². The van der Waals surface area contributed by atoms with Gasteiger partial charge in [0.25, 0.3) is 0 Å². The van der Waals surface area contributed by atoms with Crippen LogP contribution in [-0.4, -0.2) is 21.6 Å². The quantitative estimate of drug-likeness (QED) is 0.911. The Kier molecular flexibility index (Phi) is 3.76. The second kappa shape index (κ2) is 5.32. The van der Waals surface area contributed by atoms with E-state index in [0.29, 0.717) is 18.3 Å². The molecule has 0 aliphatic heterocycles. The topological polar surface area (TPSA) is 73.9 Å². The second-order valence-electron chi connectivity index (χ2n) is 4.65. The fraction of sp³-hybridized carbons (Fsp3) is 0.357. The second-order valence-corrected chi connectivity index (χ2v) is 4.65. The zero-order valence-corrected chi connectivity index (χ0v) is 11.4. The van der Waals surface area contributed by atoms with Gasteiger partial charge in [0.05, 0.1) is 0 Å². The molecule has 0 amide bonds. The van der Waals surface area contributed by atoms with Crippen LogP contribution >= 0.6 is 0 Å². The van der Waals surface area contributed by atoms with E-state index in [1.54, 1.807) is 0 Å². The predicted molar refractivity (Wildman–Crippen MR) is 74.3 cm³/mol. The van der Waals surface area contributed by atoms with Crippen molar-refractivity contribution in [2.45, 2.75) is 26.4 Å². The number of benzene rings is 1. The first-order chi connectivity index (χ1) is 9.03. The summed E-state index contributed by atoms with van der Waals surface area (Å²) in [5, 5.41) is 0. The third kappa shape index (κ3) is 3.06. The SMILES string of the molecule is CCOC(C)(C)c1nc(N)nc(-c2ccccc2)n1. The van der Waals surface area contributed by atoms with Crippen molar-refractivity contribution in [3.8, 4) is 11.4 Å². The Labute approximate surface area is 112 Å². The summed E-state index contributed by atoms with van der Waals surface area (Å²) in [7, 11) is 0. The molecule has 2 rings (SSSR count). The van der Waals surface area contributed by atoms with Gasteiger partial charge in [0.2, 0.25) is 5.95 Å². The van der Waals surface area contributed by atoms with E-state index in [2.05, 4.69) is 15.0 Å². The van der Waals surface area contributed by atoms with Gasteiger partial charge in [-0.1, -0.05) is 30.3 Å². The summed E-state index contributed by atoms with van der Waals surface area (Å²) in [6, 6.07) is 9.68. The van der Waals surface area contributed by atoms with E-state index in [-0.39, 0.29) is 5.95 Å². The summed E-state index contributed by atoms with van der Waals surface area (Å²) in [4.78, 5) is 12.8. The molecule has 0 atom stereocenters. The molecule has 5 nitrogen and oxygen atoms in total. The molecule has 1 aromatic carbocycles. The van der Waals surface area contributed by atoms with Crippen LogP contribution in [0.3, 0.4) is 0 Å². The van der Waals surface area contributed by atoms with Crippen molar-refractivity contribution in [3.05, 3.63) is 36.2 Å². The lowest BCUT2D eigenvalue weighted by molar-refractivity contribution is -0.0207. The molecule has 2 aromatic rings. The van der Waals surface area contributed by atoms with Gasteiger partial charge < -0.3 is 10.5 Å². The van der Waals surface area contributed by atoms with Gasteiger partial charge in [0.15, 0.2) is 11.6 Å². The normalized spacial score (nSPS) is 11.5. The van der Waals surface area contributed by atoms with Crippen molar-refractivity contribution in [1.82, 2.24) is 15.0 Å². The van der Waals surface area contributed by atoms with Gasteiger partial charge in [0.1, 0.15) is 5.60 Å². The van der Waals surface area contributed by atoms with E-state index in [0.717, 1.165) is 5.56 Å². The van der Waals surface area contributed by atoms with Crippen molar-refractivity contribution in [3.63, 3.8) is 0 Å². The van der Waals surface area contributed by atoms with Gasteiger partial charge in [-0.3, -0.25) is 0 Å². The highest BCUT2D eigenvalue weighted by Gasteiger charge is 2.25. The fourth-order valence-corrected chi connectivity index (χ4v) is 1.80. The Balaban J connectivity index is 2.46. The molecular weight excluding hydrogens is 240 g/mol. The van der Waals surface area contributed by atoms with Crippen molar-refractivity contribution in [2.75, 3.05) is 12.3 Å². The molecule has 2 N–H and O–H groups in total. The highest BCUT2D eigenvalue weighted by atomic mass is 16.5. The van der Waals surface area contributed by atoms with Crippen molar-refractivity contribution in [1.29, 1.82) is 0 Å². The minimum absolute atomic E-state index is 0.205. The molecule has 0 fully saturated rings. The van der Waals surface area contributed by atoms with Crippen LogP contribution in [0.1, 0.15) is 26.6 Å². The Morgan fingerprint density at radius 3 is 2.42 bits per heavy atom. The summed E-state index contributed by atoms with van der Waals surface area (Å²) in [6.45, 7) is 6.35. The van der Waals surface area contributed by atoms with Crippen LogP contribution in [0.2, 0.25) is 0 Å². The number of nitrogens with zero attached hydrogens (tertiary/aromatic N) is 3. The first-order valence-corrected chi connectivity index (χ1v) is 6.24. The molecule has 1 heterocycles. The molecule has 1 aromatic heterocycles. The van der Waals surface area contributed by atoms with Crippen LogP contribution in [0.4, 0.5) is 5.95 Å². The van der Waals surface area contributed by atoms with Crippen molar-refractivity contribution >= 4 is 5.95 Å². The summed E-state index contributed by atoms with van der Waals surface area (Å²) < 4.78 is 5.65. The Morgan fingerprint density at radius 1 is 1.11 bits per heavy atom. The average molecular weight is 258 g/mol. The van der Waals surface area contributed by atoms with E-state index in [4.69, 9.17) is 10.5 Å². The Morgan fingerprint density at radius 2 is 1.79 bits per heavy atom. The van der Waals surface area contributed by atoms with Crippen LogP contribution in [0.25, 0.3) is 11.4 Å². The Hall–Kier alpha value is -2.01. The van der Waals surface area contributed by atoms with Gasteiger partial charge in [0, 0.05) is 12.2 Å². The lowest BCUT2D eigenvalue weighted by Crippen LogP contribution is -2.26.